The standard InChI is InChI=1S/C15H30N2O3/c1-11(2)6-7-17(9-13(5)15(19)20)10-14(18)16-8-12(3)4/h11-13H,6-10H2,1-5H3,(H,16,18)(H,19,20). The van der Waals surface area contributed by atoms with Crippen molar-refractivity contribution in [3.05, 3.63) is 0 Å². The minimum Gasteiger partial charge on any atom is -0.481 e. The second kappa shape index (κ2) is 9.75. The Kier molecular flexibility index (Phi) is 9.21. The van der Waals surface area contributed by atoms with E-state index in [0.29, 0.717) is 24.9 Å². The number of amides is 1. The number of carbonyl (C=O) groups excluding carboxylic acids is 1. The van der Waals surface area contributed by atoms with E-state index in [4.69, 9.17) is 5.11 Å². The Hall–Kier alpha value is -1.10. The Morgan fingerprint density at radius 2 is 1.70 bits per heavy atom. The van der Waals surface area contributed by atoms with Crippen molar-refractivity contribution in [1.29, 1.82) is 0 Å². The van der Waals surface area contributed by atoms with Crippen LogP contribution < -0.4 is 5.32 Å². The van der Waals surface area contributed by atoms with Gasteiger partial charge in [0.15, 0.2) is 0 Å². The number of carboxylic acid groups (broad SMARTS) is 1. The van der Waals surface area contributed by atoms with Crippen LogP contribution in [-0.2, 0) is 9.59 Å². The SMILES string of the molecule is CC(C)CCN(CC(=O)NCC(C)C)CC(C)C(=O)O. The largest absolute Gasteiger partial charge is 0.481 e. The average Bonchev–Trinajstić information content (AvgIpc) is 2.33. The first-order valence-electron chi connectivity index (χ1n) is 7.44. The van der Waals surface area contributed by atoms with Gasteiger partial charge in [-0.1, -0.05) is 34.6 Å². The molecule has 2 N–H and O–H groups in total. The number of rotatable bonds is 10. The number of aliphatic carboxylic acids is 1. The maximum absolute atomic E-state index is 11.9. The van der Waals surface area contributed by atoms with Gasteiger partial charge in [0, 0.05) is 13.1 Å². The average molecular weight is 286 g/mol. The Bertz CT molecular complexity index is 303. The minimum atomic E-state index is -0.817. The number of nitrogens with one attached hydrogen (secondary N) is 1. The van der Waals surface area contributed by atoms with Gasteiger partial charge in [-0.3, -0.25) is 14.5 Å². The molecule has 5 nitrogen and oxygen atoms in total. The summed E-state index contributed by atoms with van der Waals surface area (Å²) in [5.41, 5.74) is 0. The molecule has 0 aliphatic carbocycles. The van der Waals surface area contributed by atoms with Crippen LogP contribution in [0.2, 0.25) is 0 Å². The predicted octanol–water partition coefficient (Wildman–Crippen LogP) is 1.83. The zero-order valence-electron chi connectivity index (χ0n) is 13.5. The molecule has 0 aromatic rings. The summed E-state index contributed by atoms with van der Waals surface area (Å²) in [4.78, 5) is 24.7. The molecular weight excluding hydrogens is 256 g/mol. The topological polar surface area (TPSA) is 69.6 Å². The molecule has 0 aliphatic rings. The normalized spacial score (nSPS) is 13.0. The first kappa shape index (κ1) is 18.9. The van der Waals surface area contributed by atoms with Gasteiger partial charge in [-0.25, -0.2) is 0 Å². The first-order chi connectivity index (χ1) is 9.22. The summed E-state index contributed by atoms with van der Waals surface area (Å²) in [5.74, 6) is -0.348. The van der Waals surface area contributed by atoms with Crippen molar-refractivity contribution in [2.45, 2.75) is 41.0 Å². The van der Waals surface area contributed by atoms with Crippen LogP contribution in [-0.4, -0.2) is 48.1 Å². The second-order valence-corrected chi connectivity index (χ2v) is 6.35. The fourth-order valence-electron chi connectivity index (χ4n) is 1.72. The first-order valence-corrected chi connectivity index (χ1v) is 7.44. The molecule has 0 radical (unpaired) electrons. The predicted molar refractivity (Wildman–Crippen MR) is 80.5 cm³/mol. The number of carbonyl (C=O) groups is 2. The third-order valence-electron chi connectivity index (χ3n) is 3.05. The lowest BCUT2D eigenvalue weighted by atomic mass is 10.1. The van der Waals surface area contributed by atoms with Crippen LogP contribution in [0.1, 0.15) is 41.0 Å². The smallest absolute Gasteiger partial charge is 0.307 e. The van der Waals surface area contributed by atoms with Gasteiger partial charge in [-0.2, -0.15) is 0 Å². The molecule has 1 atom stereocenters. The number of nitrogens with zero attached hydrogens (tertiary/aromatic N) is 1. The van der Waals surface area contributed by atoms with E-state index in [-0.39, 0.29) is 12.5 Å². The van der Waals surface area contributed by atoms with E-state index in [0.717, 1.165) is 13.0 Å². The van der Waals surface area contributed by atoms with Crippen LogP contribution in [0.25, 0.3) is 0 Å². The molecule has 0 heterocycles. The van der Waals surface area contributed by atoms with Crippen molar-refractivity contribution in [2.75, 3.05) is 26.2 Å². The Morgan fingerprint density at radius 1 is 1.10 bits per heavy atom. The third-order valence-corrected chi connectivity index (χ3v) is 3.05. The van der Waals surface area contributed by atoms with Crippen LogP contribution in [0.15, 0.2) is 0 Å². The van der Waals surface area contributed by atoms with Gasteiger partial charge in [-0.05, 0) is 24.8 Å². The van der Waals surface area contributed by atoms with Gasteiger partial charge in [0.2, 0.25) is 5.91 Å². The van der Waals surface area contributed by atoms with Crippen molar-refractivity contribution in [3.8, 4) is 0 Å². The van der Waals surface area contributed by atoms with E-state index in [1.807, 2.05) is 18.7 Å². The molecule has 0 rings (SSSR count). The van der Waals surface area contributed by atoms with Gasteiger partial charge >= 0.3 is 5.97 Å². The maximum Gasteiger partial charge on any atom is 0.307 e. The van der Waals surface area contributed by atoms with E-state index < -0.39 is 11.9 Å². The van der Waals surface area contributed by atoms with Crippen LogP contribution in [0.4, 0.5) is 0 Å². The van der Waals surface area contributed by atoms with E-state index in [2.05, 4.69) is 19.2 Å². The highest BCUT2D eigenvalue weighted by Crippen LogP contribution is 2.06. The summed E-state index contributed by atoms with van der Waals surface area (Å²) in [5, 5.41) is 11.9. The molecule has 5 heteroatoms. The zero-order chi connectivity index (χ0) is 15.7. The number of hydrogen-bond acceptors (Lipinski definition) is 3. The van der Waals surface area contributed by atoms with Crippen LogP contribution >= 0.6 is 0 Å². The van der Waals surface area contributed by atoms with Gasteiger partial charge in [0.1, 0.15) is 0 Å². The molecule has 118 valence electrons. The van der Waals surface area contributed by atoms with Gasteiger partial charge in [0.05, 0.1) is 12.5 Å². The van der Waals surface area contributed by atoms with Crippen LogP contribution in [0, 0.1) is 17.8 Å². The van der Waals surface area contributed by atoms with Crippen molar-refractivity contribution in [1.82, 2.24) is 10.2 Å². The van der Waals surface area contributed by atoms with E-state index >= 15 is 0 Å². The van der Waals surface area contributed by atoms with Gasteiger partial charge in [0.25, 0.3) is 0 Å². The molecule has 0 aliphatic heterocycles. The van der Waals surface area contributed by atoms with Crippen molar-refractivity contribution >= 4 is 11.9 Å². The van der Waals surface area contributed by atoms with Crippen molar-refractivity contribution < 1.29 is 14.7 Å². The quantitative estimate of drug-likeness (QED) is 0.643. The summed E-state index contributed by atoms with van der Waals surface area (Å²) in [6.45, 7) is 12.1. The monoisotopic (exact) mass is 286 g/mol. The lowest BCUT2D eigenvalue weighted by molar-refractivity contribution is -0.142. The highest BCUT2D eigenvalue weighted by Gasteiger charge is 2.18. The second-order valence-electron chi connectivity index (χ2n) is 6.35. The lowest BCUT2D eigenvalue weighted by Crippen LogP contribution is -2.42. The van der Waals surface area contributed by atoms with E-state index in [1.54, 1.807) is 6.92 Å². The summed E-state index contributed by atoms with van der Waals surface area (Å²) in [7, 11) is 0. The van der Waals surface area contributed by atoms with Crippen molar-refractivity contribution in [2.24, 2.45) is 17.8 Å². The molecule has 0 aromatic heterocycles. The Morgan fingerprint density at radius 3 is 2.15 bits per heavy atom. The number of carboxylic acids is 1. The summed E-state index contributed by atoms with van der Waals surface area (Å²) >= 11 is 0. The fourth-order valence-corrected chi connectivity index (χ4v) is 1.72. The molecular formula is C15H30N2O3. The molecule has 0 aromatic carbocycles. The molecule has 1 amide bonds. The molecule has 20 heavy (non-hydrogen) atoms. The number of hydrogen-bond donors (Lipinski definition) is 2. The minimum absolute atomic E-state index is 0.0277. The van der Waals surface area contributed by atoms with E-state index in [1.165, 1.54) is 0 Å². The molecule has 0 spiro atoms. The van der Waals surface area contributed by atoms with Crippen molar-refractivity contribution in [3.63, 3.8) is 0 Å². The lowest BCUT2D eigenvalue weighted by Gasteiger charge is -2.24. The molecule has 0 fully saturated rings. The van der Waals surface area contributed by atoms with Crippen LogP contribution in [0.5, 0.6) is 0 Å². The highest BCUT2D eigenvalue weighted by molar-refractivity contribution is 5.78. The molecule has 0 saturated heterocycles. The molecule has 0 saturated carbocycles. The Labute approximate surface area is 122 Å². The van der Waals surface area contributed by atoms with Gasteiger partial charge in [-0.15, -0.1) is 0 Å². The van der Waals surface area contributed by atoms with E-state index in [9.17, 15) is 9.59 Å². The summed E-state index contributed by atoms with van der Waals surface area (Å²) in [6, 6.07) is 0. The molecule has 0 bridgehead atoms. The summed E-state index contributed by atoms with van der Waals surface area (Å²) in [6.07, 6.45) is 0.962. The zero-order valence-corrected chi connectivity index (χ0v) is 13.5. The van der Waals surface area contributed by atoms with Gasteiger partial charge < -0.3 is 10.4 Å². The third kappa shape index (κ3) is 9.78. The highest BCUT2D eigenvalue weighted by atomic mass is 16.4. The maximum atomic E-state index is 11.9. The Balaban J connectivity index is 4.35. The van der Waals surface area contributed by atoms with Crippen LogP contribution in [0.3, 0.4) is 0 Å². The molecule has 1 unspecified atom stereocenters. The summed E-state index contributed by atoms with van der Waals surface area (Å²) < 4.78 is 0. The fraction of sp³-hybridized carbons (Fsp3) is 0.867.